The van der Waals surface area contributed by atoms with Crippen LogP contribution in [0.15, 0.2) is 49.3 Å². The smallest absolute Gasteiger partial charge is 0.240 e. The number of hydrogen-bond acceptors (Lipinski definition) is 11. The first kappa shape index (κ1) is 22.0. The van der Waals surface area contributed by atoms with Crippen LogP contribution in [-0.2, 0) is 19.9 Å². The maximum absolute atomic E-state index is 13.3. The molecule has 1 fully saturated rings. The Morgan fingerprint density at radius 1 is 1.09 bits per heavy atom. The fourth-order valence-corrected chi connectivity index (χ4v) is 8.02. The standard InChI is InChI=1S/C19H19N7O4S3/c1-9-2-3-12(16-15(9)25-19(20)31-16)11-4-5-13(32(27,28)10-6-22-7-10)17(33(21,29)30)14(11)18-23-8-24-26-18/h2-5,10,22H,6-8H2,1H3,(H2,20,25)(H2,21,29,30). The molecule has 14 heteroatoms. The molecule has 5 N–H and O–H groups in total. The predicted molar refractivity (Wildman–Crippen MR) is 126 cm³/mol. The van der Waals surface area contributed by atoms with Gasteiger partial charge in [0.25, 0.3) is 0 Å². The number of amidine groups is 1. The summed E-state index contributed by atoms with van der Waals surface area (Å²) in [5, 5.41) is 15.9. The number of rotatable bonds is 5. The van der Waals surface area contributed by atoms with Gasteiger partial charge in [0.1, 0.15) is 4.90 Å². The van der Waals surface area contributed by atoms with E-state index in [2.05, 4.69) is 25.5 Å². The van der Waals surface area contributed by atoms with Crippen molar-refractivity contribution in [2.75, 3.05) is 25.5 Å². The number of benzene rings is 2. The minimum Gasteiger partial charge on any atom is -0.375 e. The number of aromatic nitrogens is 1. The molecular weight excluding hydrogens is 486 g/mol. The summed E-state index contributed by atoms with van der Waals surface area (Å²) < 4.78 is 53.0. The Bertz CT molecular complexity index is 1590. The van der Waals surface area contributed by atoms with E-state index in [-0.39, 0.29) is 36.1 Å². The van der Waals surface area contributed by atoms with Crippen molar-refractivity contribution in [2.45, 2.75) is 22.0 Å². The Balaban J connectivity index is 1.90. The number of thiazole rings is 1. The van der Waals surface area contributed by atoms with Gasteiger partial charge < -0.3 is 11.1 Å². The summed E-state index contributed by atoms with van der Waals surface area (Å²) in [5.74, 6) is 0.00372. The Labute approximate surface area is 193 Å². The van der Waals surface area contributed by atoms with Crippen molar-refractivity contribution in [1.82, 2.24) is 10.3 Å². The molecular formula is C19H19N7O4S3. The average molecular weight is 506 g/mol. The van der Waals surface area contributed by atoms with Crippen molar-refractivity contribution < 1.29 is 16.8 Å². The van der Waals surface area contributed by atoms with Crippen molar-refractivity contribution >= 4 is 52.4 Å². The van der Waals surface area contributed by atoms with Gasteiger partial charge in [-0.1, -0.05) is 29.5 Å². The number of primary sulfonamides is 1. The van der Waals surface area contributed by atoms with E-state index in [0.717, 1.165) is 10.3 Å². The Morgan fingerprint density at radius 2 is 1.82 bits per heavy atom. The van der Waals surface area contributed by atoms with Gasteiger partial charge in [0.2, 0.25) is 10.0 Å². The number of anilines is 1. The second-order valence-electron chi connectivity index (χ2n) is 7.71. The minimum atomic E-state index is -4.51. The first-order chi connectivity index (χ1) is 15.6. The summed E-state index contributed by atoms with van der Waals surface area (Å²) in [6.45, 7) is 2.34. The highest BCUT2D eigenvalue weighted by molar-refractivity contribution is 7.94. The monoisotopic (exact) mass is 505 g/mol. The van der Waals surface area contributed by atoms with Gasteiger partial charge in [0, 0.05) is 18.7 Å². The second-order valence-corrected chi connectivity index (χ2v) is 12.4. The molecule has 5 rings (SSSR count). The van der Waals surface area contributed by atoms with E-state index in [1.54, 1.807) is 12.1 Å². The summed E-state index contributed by atoms with van der Waals surface area (Å²) in [4.78, 5) is 7.67. The maximum Gasteiger partial charge on any atom is 0.240 e. The van der Waals surface area contributed by atoms with Crippen LogP contribution in [0.1, 0.15) is 11.1 Å². The Hall–Kier alpha value is -2.78. The van der Waals surface area contributed by atoms with Gasteiger partial charge in [-0.05, 0) is 24.1 Å². The lowest BCUT2D eigenvalue weighted by Crippen LogP contribution is -2.51. The molecule has 2 aromatic carbocycles. The number of nitrogens with two attached hydrogens (primary N) is 2. The maximum atomic E-state index is 13.3. The van der Waals surface area contributed by atoms with E-state index in [0.29, 0.717) is 21.8 Å². The molecule has 0 radical (unpaired) electrons. The number of nitrogens with zero attached hydrogens (tertiary/aromatic N) is 4. The molecule has 1 saturated heterocycles. The number of nitrogen functional groups attached to an aromatic ring is 1. The van der Waals surface area contributed by atoms with Crippen LogP contribution in [0.2, 0.25) is 0 Å². The molecule has 172 valence electrons. The normalized spacial score (nSPS) is 16.8. The topological polar surface area (TPSA) is 182 Å². The molecule has 0 aliphatic carbocycles. The number of fused-ring (bicyclic) bond motifs is 1. The largest absolute Gasteiger partial charge is 0.375 e. The highest BCUT2D eigenvalue weighted by Gasteiger charge is 2.39. The SMILES string of the molecule is Cc1ccc(-c2ccc(S(=O)(=O)C3CNC3)c(S(N)(=O)=O)c2C2=NCN=N2)c2sc(N)nc12. The number of sulfone groups is 1. The molecule has 0 spiro atoms. The number of aliphatic imine (C=N–C) groups is 1. The molecule has 33 heavy (non-hydrogen) atoms. The summed E-state index contributed by atoms with van der Waals surface area (Å²) in [6, 6.07) is 6.48. The first-order valence-corrected chi connectivity index (χ1v) is 13.7. The van der Waals surface area contributed by atoms with Gasteiger partial charge in [-0.15, -0.1) is 5.11 Å². The summed E-state index contributed by atoms with van der Waals surface area (Å²) in [7, 11) is -8.50. The molecule has 3 heterocycles. The van der Waals surface area contributed by atoms with Gasteiger partial charge in [0.15, 0.2) is 27.5 Å². The Morgan fingerprint density at radius 3 is 2.42 bits per heavy atom. The van der Waals surface area contributed by atoms with Crippen LogP contribution in [0.25, 0.3) is 21.3 Å². The molecule has 2 aliphatic rings. The Kier molecular flexibility index (Phi) is 5.10. The molecule has 0 saturated carbocycles. The highest BCUT2D eigenvalue weighted by Crippen LogP contribution is 2.41. The van der Waals surface area contributed by atoms with Crippen molar-refractivity contribution in [3.63, 3.8) is 0 Å². The molecule has 2 aliphatic heterocycles. The predicted octanol–water partition coefficient (Wildman–Crippen LogP) is 1.42. The summed E-state index contributed by atoms with van der Waals surface area (Å²) in [6.07, 6.45) is 0. The molecule has 11 nitrogen and oxygen atoms in total. The van der Waals surface area contributed by atoms with Crippen molar-refractivity contribution in [3.8, 4) is 11.1 Å². The molecule has 0 amide bonds. The van der Waals surface area contributed by atoms with Gasteiger partial charge >= 0.3 is 0 Å². The number of nitrogens with one attached hydrogen (secondary N) is 1. The van der Waals surface area contributed by atoms with Crippen LogP contribution in [0.3, 0.4) is 0 Å². The third-order valence-electron chi connectivity index (χ3n) is 5.62. The molecule has 3 aromatic rings. The number of azo groups is 1. The lowest BCUT2D eigenvalue weighted by molar-refractivity contribution is 0.493. The van der Waals surface area contributed by atoms with Crippen molar-refractivity contribution in [3.05, 3.63) is 35.4 Å². The van der Waals surface area contributed by atoms with E-state index >= 15 is 0 Å². The van der Waals surface area contributed by atoms with E-state index in [1.807, 2.05) is 13.0 Å². The second kappa shape index (κ2) is 7.63. The fraction of sp³-hybridized carbons (Fsp3) is 0.263. The van der Waals surface area contributed by atoms with E-state index < -0.39 is 30.0 Å². The highest BCUT2D eigenvalue weighted by atomic mass is 32.2. The zero-order chi connectivity index (χ0) is 23.5. The van der Waals surface area contributed by atoms with E-state index in [4.69, 9.17) is 10.9 Å². The van der Waals surface area contributed by atoms with Gasteiger partial charge in [-0.25, -0.2) is 32.0 Å². The fourth-order valence-electron chi connectivity index (χ4n) is 3.90. The zero-order valence-electron chi connectivity index (χ0n) is 17.3. The van der Waals surface area contributed by atoms with Crippen LogP contribution in [-0.4, -0.2) is 52.7 Å². The molecule has 0 unspecified atom stereocenters. The average Bonchev–Trinajstić information content (AvgIpc) is 3.34. The number of aryl methyl sites for hydroxylation is 1. The van der Waals surface area contributed by atoms with E-state index in [1.165, 1.54) is 17.4 Å². The third-order valence-corrected chi connectivity index (χ3v) is 9.82. The number of hydrogen-bond donors (Lipinski definition) is 3. The molecule has 0 bridgehead atoms. The van der Waals surface area contributed by atoms with Gasteiger partial charge in [0.05, 0.1) is 25.9 Å². The van der Waals surface area contributed by atoms with Crippen LogP contribution >= 0.6 is 11.3 Å². The number of sulfonamides is 1. The van der Waals surface area contributed by atoms with Crippen molar-refractivity contribution in [1.29, 1.82) is 0 Å². The van der Waals surface area contributed by atoms with Crippen LogP contribution in [0.4, 0.5) is 5.13 Å². The molecule has 1 aromatic heterocycles. The van der Waals surface area contributed by atoms with E-state index in [9.17, 15) is 16.8 Å². The summed E-state index contributed by atoms with van der Waals surface area (Å²) >= 11 is 1.25. The van der Waals surface area contributed by atoms with Gasteiger partial charge in [-0.3, -0.25) is 0 Å². The van der Waals surface area contributed by atoms with Gasteiger partial charge in [-0.2, -0.15) is 5.11 Å². The molecule has 0 atom stereocenters. The van der Waals surface area contributed by atoms with Crippen LogP contribution in [0.5, 0.6) is 0 Å². The minimum absolute atomic E-state index is 0.000824. The first-order valence-electron chi connectivity index (χ1n) is 9.82. The third kappa shape index (κ3) is 3.54. The van der Waals surface area contributed by atoms with Crippen molar-refractivity contribution in [2.24, 2.45) is 20.4 Å². The van der Waals surface area contributed by atoms with Crippen LogP contribution in [0, 0.1) is 6.92 Å². The zero-order valence-corrected chi connectivity index (χ0v) is 19.8. The van der Waals surface area contributed by atoms with Crippen LogP contribution < -0.4 is 16.2 Å². The lowest BCUT2D eigenvalue weighted by atomic mass is 9.97. The lowest BCUT2D eigenvalue weighted by Gasteiger charge is -2.28. The quantitative estimate of drug-likeness (QED) is 0.468. The summed E-state index contributed by atoms with van der Waals surface area (Å²) in [5.41, 5.74) is 8.54.